The van der Waals surface area contributed by atoms with Crippen molar-refractivity contribution in [2.75, 3.05) is 11.4 Å². The minimum absolute atomic E-state index is 0.0950. The van der Waals surface area contributed by atoms with Gasteiger partial charge in [0.15, 0.2) is 0 Å². The Kier molecular flexibility index (Phi) is 3.10. The highest BCUT2D eigenvalue weighted by atomic mass is 16.4. The van der Waals surface area contributed by atoms with Crippen LogP contribution in [-0.2, 0) is 15.1 Å². The largest absolute Gasteiger partial charge is 0.480 e. The number of anilines is 1. The number of carbonyl (C=O) groups excluding carboxylic acids is 1. The number of rotatable bonds is 1. The van der Waals surface area contributed by atoms with Gasteiger partial charge in [0.05, 0.1) is 5.69 Å². The van der Waals surface area contributed by atoms with Gasteiger partial charge in [-0.25, -0.2) is 4.79 Å². The number of carbonyl (C=O) groups is 2. The summed E-state index contributed by atoms with van der Waals surface area (Å²) in [6.45, 7) is 5.50. The van der Waals surface area contributed by atoms with Gasteiger partial charge in [0.2, 0.25) is 5.91 Å². The zero-order chi connectivity index (χ0) is 14.4. The minimum Gasteiger partial charge on any atom is -0.480 e. The van der Waals surface area contributed by atoms with Crippen LogP contribution >= 0.6 is 0 Å². The Bertz CT molecular complexity index is 568. The second-order valence-corrected chi connectivity index (χ2v) is 5.12. The van der Waals surface area contributed by atoms with Gasteiger partial charge in [0.25, 0.3) is 0 Å². The van der Waals surface area contributed by atoms with Gasteiger partial charge in [0.1, 0.15) is 5.54 Å². The molecule has 1 aromatic rings. The molecule has 3 N–H and O–H groups in total. The quantitative estimate of drug-likeness (QED) is 0.799. The molecule has 19 heavy (non-hydrogen) atoms. The molecule has 5 heteroatoms. The lowest BCUT2D eigenvalue weighted by Crippen LogP contribution is -2.53. The molecule has 0 fully saturated rings. The number of carboxylic acids is 1. The number of nitrogens with zero attached hydrogens (tertiary/aromatic N) is 1. The van der Waals surface area contributed by atoms with E-state index in [1.54, 1.807) is 4.90 Å². The average Bonchev–Trinajstić information content (AvgIpc) is 2.33. The molecule has 0 aliphatic carbocycles. The maximum Gasteiger partial charge on any atom is 0.328 e. The number of benzene rings is 1. The molecular weight excluding hydrogens is 244 g/mol. The number of hydrogen-bond acceptors (Lipinski definition) is 3. The highest BCUT2D eigenvalue weighted by Gasteiger charge is 2.44. The van der Waals surface area contributed by atoms with E-state index in [1.165, 1.54) is 6.92 Å². The van der Waals surface area contributed by atoms with E-state index >= 15 is 0 Å². The van der Waals surface area contributed by atoms with Crippen molar-refractivity contribution in [3.05, 3.63) is 28.8 Å². The second-order valence-electron chi connectivity index (χ2n) is 5.12. The lowest BCUT2D eigenvalue weighted by Gasteiger charge is -2.40. The zero-order valence-electron chi connectivity index (χ0n) is 11.4. The van der Waals surface area contributed by atoms with E-state index in [4.69, 9.17) is 5.73 Å². The third kappa shape index (κ3) is 1.90. The molecule has 2 rings (SSSR count). The maximum atomic E-state index is 11.7. The number of hydrogen-bond donors (Lipinski definition) is 2. The molecule has 0 saturated heterocycles. The van der Waals surface area contributed by atoms with E-state index in [9.17, 15) is 14.7 Å². The van der Waals surface area contributed by atoms with Crippen LogP contribution < -0.4 is 10.6 Å². The van der Waals surface area contributed by atoms with Crippen LogP contribution in [0, 0.1) is 13.8 Å². The number of fused-ring (bicyclic) bond motifs is 1. The lowest BCUT2D eigenvalue weighted by atomic mass is 9.79. The van der Waals surface area contributed by atoms with Gasteiger partial charge < -0.3 is 15.7 Å². The topological polar surface area (TPSA) is 83.6 Å². The Morgan fingerprint density at radius 2 is 1.89 bits per heavy atom. The van der Waals surface area contributed by atoms with Crippen molar-refractivity contribution in [2.24, 2.45) is 5.73 Å². The third-order valence-electron chi connectivity index (χ3n) is 3.80. The molecule has 1 aromatic carbocycles. The molecule has 102 valence electrons. The molecule has 1 amide bonds. The SMILES string of the molecule is CC(=O)N1CCC(N)(C(=O)O)c2c(C)ccc(C)c21. The first kappa shape index (κ1) is 13.5. The van der Waals surface area contributed by atoms with Gasteiger partial charge in [-0.2, -0.15) is 0 Å². The van der Waals surface area contributed by atoms with Crippen LogP contribution in [0.25, 0.3) is 0 Å². The maximum absolute atomic E-state index is 11.7. The highest BCUT2D eigenvalue weighted by Crippen LogP contribution is 2.41. The zero-order valence-corrected chi connectivity index (χ0v) is 11.4. The van der Waals surface area contributed by atoms with E-state index in [1.807, 2.05) is 26.0 Å². The first-order valence-corrected chi connectivity index (χ1v) is 6.20. The summed E-state index contributed by atoms with van der Waals surface area (Å²) < 4.78 is 0. The fourth-order valence-corrected chi connectivity index (χ4v) is 2.76. The Labute approximate surface area is 112 Å². The van der Waals surface area contributed by atoms with Gasteiger partial charge in [-0.15, -0.1) is 0 Å². The summed E-state index contributed by atoms with van der Waals surface area (Å²) in [7, 11) is 0. The highest BCUT2D eigenvalue weighted by molar-refractivity contribution is 5.97. The second kappa shape index (κ2) is 4.35. The van der Waals surface area contributed by atoms with Gasteiger partial charge in [-0.3, -0.25) is 4.79 Å². The van der Waals surface area contributed by atoms with Crippen LogP contribution in [-0.4, -0.2) is 23.5 Å². The first-order chi connectivity index (χ1) is 8.79. The summed E-state index contributed by atoms with van der Waals surface area (Å²) in [5.41, 5.74) is 7.57. The molecule has 0 bridgehead atoms. The predicted molar refractivity (Wildman–Crippen MR) is 72.1 cm³/mol. The summed E-state index contributed by atoms with van der Waals surface area (Å²) in [5, 5.41) is 9.46. The Morgan fingerprint density at radius 3 is 2.42 bits per heavy atom. The lowest BCUT2D eigenvalue weighted by molar-refractivity contribution is -0.144. The number of nitrogens with two attached hydrogens (primary N) is 1. The summed E-state index contributed by atoms with van der Waals surface area (Å²) in [4.78, 5) is 24.9. The number of aliphatic carboxylic acids is 1. The summed E-state index contributed by atoms with van der Waals surface area (Å²) >= 11 is 0. The summed E-state index contributed by atoms with van der Waals surface area (Å²) in [6, 6.07) is 3.74. The fraction of sp³-hybridized carbons (Fsp3) is 0.429. The van der Waals surface area contributed by atoms with Crippen LogP contribution in [0.4, 0.5) is 5.69 Å². The van der Waals surface area contributed by atoms with Crippen molar-refractivity contribution in [3.63, 3.8) is 0 Å². The molecule has 0 radical (unpaired) electrons. The van der Waals surface area contributed by atoms with Crippen LogP contribution in [0.2, 0.25) is 0 Å². The van der Waals surface area contributed by atoms with E-state index in [0.29, 0.717) is 17.8 Å². The van der Waals surface area contributed by atoms with E-state index < -0.39 is 11.5 Å². The molecule has 0 spiro atoms. The molecule has 1 atom stereocenters. The Morgan fingerprint density at radius 1 is 1.32 bits per heavy atom. The molecule has 0 saturated carbocycles. The molecule has 1 aliphatic rings. The monoisotopic (exact) mass is 262 g/mol. The smallest absolute Gasteiger partial charge is 0.328 e. The fourth-order valence-electron chi connectivity index (χ4n) is 2.76. The minimum atomic E-state index is -1.42. The summed E-state index contributed by atoms with van der Waals surface area (Å²) in [6.07, 6.45) is 0.221. The van der Waals surface area contributed by atoms with Crippen LogP contribution in [0.1, 0.15) is 30.0 Å². The van der Waals surface area contributed by atoms with Crippen LogP contribution in [0.15, 0.2) is 12.1 Å². The van der Waals surface area contributed by atoms with Gasteiger partial charge in [-0.1, -0.05) is 12.1 Å². The van der Waals surface area contributed by atoms with Gasteiger partial charge in [0, 0.05) is 19.0 Å². The molecular formula is C14H18N2O3. The molecule has 1 heterocycles. The van der Waals surface area contributed by atoms with E-state index in [-0.39, 0.29) is 12.3 Å². The van der Waals surface area contributed by atoms with Crippen molar-refractivity contribution >= 4 is 17.6 Å². The predicted octanol–water partition coefficient (Wildman–Crippen LogP) is 1.30. The number of amides is 1. The third-order valence-corrected chi connectivity index (χ3v) is 3.80. The average molecular weight is 262 g/mol. The normalized spacial score (nSPS) is 22.0. The van der Waals surface area contributed by atoms with E-state index in [0.717, 1.165) is 11.1 Å². The Balaban J connectivity index is 2.77. The molecule has 1 aliphatic heterocycles. The molecule has 5 nitrogen and oxygen atoms in total. The van der Waals surface area contributed by atoms with Crippen molar-refractivity contribution in [3.8, 4) is 0 Å². The van der Waals surface area contributed by atoms with Crippen molar-refractivity contribution in [2.45, 2.75) is 32.7 Å². The summed E-state index contributed by atoms with van der Waals surface area (Å²) in [5.74, 6) is -1.15. The van der Waals surface area contributed by atoms with Crippen LogP contribution in [0.5, 0.6) is 0 Å². The standard InChI is InChI=1S/C14H18N2O3/c1-8-4-5-9(2)12-11(8)14(15,13(18)19)6-7-16(12)10(3)17/h4-5H,6-7,15H2,1-3H3,(H,18,19). The van der Waals surface area contributed by atoms with Gasteiger partial charge >= 0.3 is 5.97 Å². The van der Waals surface area contributed by atoms with Crippen molar-refractivity contribution in [1.82, 2.24) is 0 Å². The van der Waals surface area contributed by atoms with Crippen LogP contribution in [0.3, 0.4) is 0 Å². The molecule has 1 unspecified atom stereocenters. The number of carboxylic acid groups (broad SMARTS) is 1. The van der Waals surface area contributed by atoms with Gasteiger partial charge in [-0.05, 0) is 31.4 Å². The van der Waals surface area contributed by atoms with E-state index in [2.05, 4.69) is 0 Å². The Hall–Kier alpha value is -1.88. The number of aryl methyl sites for hydroxylation is 2. The van der Waals surface area contributed by atoms with Crippen molar-refractivity contribution < 1.29 is 14.7 Å². The first-order valence-electron chi connectivity index (χ1n) is 6.20. The van der Waals surface area contributed by atoms with Crippen molar-refractivity contribution in [1.29, 1.82) is 0 Å². The molecule has 0 aromatic heterocycles.